The summed E-state index contributed by atoms with van der Waals surface area (Å²) >= 11 is 0. The van der Waals surface area contributed by atoms with Crippen molar-refractivity contribution in [3.8, 4) is 5.75 Å². The molecule has 11 heteroatoms. The van der Waals surface area contributed by atoms with E-state index in [0.717, 1.165) is 0 Å². The lowest BCUT2D eigenvalue weighted by atomic mass is 9.90. The Morgan fingerprint density at radius 1 is 1.14 bits per heavy atom. The molecule has 0 unspecified atom stereocenters. The summed E-state index contributed by atoms with van der Waals surface area (Å²) in [5.41, 5.74) is -0.868. The molecule has 37 heavy (non-hydrogen) atoms. The maximum absolute atomic E-state index is 13.5. The van der Waals surface area contributed by atoms with Crippen LogP contribution in [0.25, 0.3) is 0 Å². The zero-order chi connectivity index (χ0) is 26.9. The number of nitrogens with one attached hydrogen (secondary N) is 1. The van der Waals surface area contributed by atoms with Crippen LogP contribution in [0.4, 0.5) is 0 Å². The van der Waals surface area contributed by atoms with Gasteiger partial charge in [-0.1, -0.05) is 18.2 Å². The Morgan fingerprint density at radius 3 is 2.43 bits per heavy atom. The topological polar surface area (TPSA) is 133 Å². The number of aliphatic hydroxyl groups is 1. The van der Waals surface area contributed by atoms with Gasteiger partial charge in [0.15, 0.2) is 21.7 Å². The van der Waals surface area contributed by atoms with E-state index in [9.17, 15) is 13.2 Å². The highest BCUT2D eigenvalue weighted by molar-refractivity contribution is 7.91. The number of methoxy groups -OCH3 is 2. The van der Waals surface area contributed by atoms with Crippen molar-refractivity contribution < 1.29 is 37.3 Å². The van der Waals surface area contributed by atoms with Crippen LogP contribution in [0.3, 0.4) is 0 Å². The van der Waals surface area contributed by atoms with Crippen molar-refractivity contribution >= 4 is 21.6 Å². The molecule has 1 aliphatic heterocycles. The van der Waals surface area contributed by atoms with Gasteiger partial charge in [0.2, 0.25) is 5.90 Å². The number of ether oxygens (including phenoxy) is 4. The van der Waals surface area contributed by atoms with Crippen LogP contribution in [0.2, 0.25) is 0 Å². The molecule has 0 saturated heterocycles. The summed E-state index contributed by atoms with van der Waals surface area (Å²) < 4.78 is 47.9. The molecule has 2 atom stereocenters. The average molecular weight is 535 g/mol. The molecule has 0 aromatic heterocycles. The van der Waals surface area contributed by atoms with Crippen molar-refractivity contribution in [1.29, 1.82) is 0 Å². The fourth-order valence-corrected chi connectivity index (χ4v) is 5.27. The van der Waals surface area contributed by atoms with Crippen molar-refractivity contribution in [3.63, 3.8) is 0 Å². The van der Waals surface area contributed by atoms with Gasteiger partial charge in [0, 0.05) is 32.8 Å². The number of aliphatic hydroxyl groups excluding tert-OH is 1. The van der Waals surface area contributed by atoms with E-state index in [4.69, 9.17) is 24.1 Å². The lowest BCUT2D eigenvalue weighted by Gasteiger charge is -2.28. The van der Waals surface area contributed by atoms with E-state index in [1.54, 1.807) is 49.4 Å². The van der Waals surface area contributed by atoms with Gasteiger partial charge in [-0.15, -0.1) is 0 Å². The molecule has 3 rings (SSSR count). The summed E-state index contributed by atoms with van der Waals surface area (Å²) in [7, 11) is -0.760. The van der Waals surface area contributed by atoms with Crippen LogP contribution < -0.4 is 10.1 Å². The van der Waals surface area contributed by atoms with Crippen molar-refractivity contribution in [1.82, 2.24) is 5.32 Å². The number of carbonyl (C=O) groups excluding carboxylic acids is 1. The van der Waals surface area contributed by atoms with E-state index in [2.05, 4.69) is 10.3 Å². The molecule has 0 saturated carbocycles. The van der Waals surface area contributed by atoms with Crippen LogP contribution in [-0.4, -0.2) is 83.0 Å². The van der Waals surface area contributed by atoms with Crippen LogP contribution in [0.1, 0.15) is 25.3 Å². The number of amides is 1. The Kier molecular flexibility index (Phi) is 10.0. The number of nitrogens with zero attached hydrogens (tertiary/aromatic N) is 1. The monoisotopic (exact) mass is 534 g/mol. The molecule has 202 valence electrons. The van der Waals surface area contributed by atoms with E-state index in [1.807, 2.05) is 0 Å². The Bertz CT molecular complexity index is 1150. The first-order valence-electron chi connectivity index (χ1n) is 12.0. The quantitative estimate of drug-likeness (QED) is 0.278. The summed E-state index contributed by atoms with van der Waals surface area (Å²) in [6.45, 7) is 2.17. The Hall–Kier alpha value is -2.99. The van der Waals surface area contributed by atoms with Gasteiger partial charge < -0.3 is 29.4 Å². The minimum atomic E-state index is -3.67. The summed E-state index contributed by atoms with van der Waals surface area (Å²) in [6, 6.07) is 15.1. The standard InChI is InChI=1S/C26H34N2O8S/c1-19-26(25(30)27-18-23(33-2)34-3,14-17-37(31,32)22-8-5-4-6-9-22)28-24(36-19)20-10-12-21(13-11-20)35-16-7-15-29/h4-6,8-13,19,23,29H,7,14-18H2,1-3H3,(H,27,30)/t19-,26-/m1/s1. The van der Waals surface area contributed by atoms with Gasteiger partial charge in [-0.3, -0.25) is 4.79 Å². The van der Waals surface area contributed by atoms with Gasteiger partial charge in [0.25, 0.3) is 5.91 Å². The second-order valence-electron chi connectivity index (χ2n) is 8.54. The van der Waals surface area contributed by atoms with Crippen molar-refractivity contribution in [3.05, 3.63) is 60.2 Å². The molecule has 1 aliphatic rings. The third-order valence-corrected chi connectivity index (χ3v) is 7.87. The SMILES string of the molecule is COC(CNC(=O)[C@]1(CCS(=O)(=O)c2ccccc2)N=C(c2ccc(OCCCO)cc2)O[C@@H]1C)OC. The molecule has 0 radical (unpaired) electrons. The normalized spacial score (nSPS) is 19.4. The Labute approximate surface area is 217 Å². The molecule has 0 spiro atoms. The predicted molar refractivity (Wildman–Crippen MR) is 137 cm³/mol. The summed E-state index contributed by atoms with van der Waals surface area (Å²) in [5.74, 6) is 0.0647. The molecule has 0 aliphatic carbocycles. The molecular weight excluding hydrogens is 500 g/mol. The maximum atomic E-state index is 13.5. The second-order valence-corrected chi connectivity index (χ2v) is 10.7. The van der Waals surface area contributed by atoms with Crippen molar-refractivity contribution in [2.45, 2.75) is 42.6 Å². The third-order valence-electron chi connectivity index (χ3n) is 6.14. The minimum absolute atomic E-state index is 0.0419. The van der Waals surface area contributed by atoms with Crippen LogP contribution in [0, 0.1) is 0 Å². The molecule has 0 fully saturated rings. The summed E-state index contributed by atoms with van der Waals surface area (Å²) in [4.78, 5) is 18.3. The van der Waals surface area contributed by atoms with E-state index in [-0.39, 0.29) is 36.1 Å². The van der Waals surface area contributed by atoms with E-state index in [0.29, 0.717) is 24.3 Å². The molecular formula is C26H34N2O8S. The first-order chi connectivity index (χ1) is 17.8. The number of hydrogen-bond donors (Lipinski definition) is 2. The van der Waals surface area contributed by atoms with Crippen molar-refractivity contribution in [2.24, 2.45) is 4.99 Å². The zero-order valence-corrected chi connectivity index (χ0v) is 22.1. The fraction of sp³-hybridized carbons (Fsp3) is 0.462. The highest BCUT2D eigenvalue weighted by Crippen LogP contribution is 2.33. The van der Waals surface area contributed by atoms with Crippen LogP contribution in [-0.2, 0) is 28.8 Å². The lowest BCUT2D eigenvalue weighted by Crippen LogP contribution is -2.53. The van der Waals surface area contributed by atoms with Gasteiger partial charge in [0.1, 0.15) is 11.9 Å². The molecule has 10 nitrogen and oxygen atoms in total. The molecule has 2 aromatic rings. The summed E-state index contributed by atoms with van der Waals surface area (Å²) in [5, 5.41) is 11.7. The Balaban J connectivity index is 1.87. The summed E-state index contributed by atoms with van der Waals surface area (Å²) in [6.07, 6.45) is -0.981. The number of aliphatic imine (C=N–C) groups is 1. The number of benzene rings is 2. The van der Waals surface area contributed by atoms with E-state index >= 15 is 0 Å². The highest BCUT2D eigenvalue weighted by atomic mass is 32.2. The zero-order valence-electron chi connectivity index (χ0n) is 21.3. The van der Waals surface area contributed by atoms with Gasteiger partial charge >= 0.3 is 0 Å². The minimum Gasteiger partial charge on any atom is -0.494 e. The maximum Gasteiger partial charge on any atom is 0.252 e. The number of carbonyl (C=O) groups is 1. The lowest BCUT2D eigenvalue weighted by molar-refractivity contribution is -0.134. The molecule has 1 amide bonds. The second kappa shape index (κ2) is 13.0. The predicted octanol–water partition coefficient (Wildman–Crippen LogP) is 1.95. The van der Waals surface area contributed by atoms with Crippen LogP contribution >= 0.6 is 0 Å². The van der Waals surface area contributed by atoms with Gasteiger partial charge in [-0.2, -0.15) is 0 Å². The Morgan fingerprint density at radius 2 is 1.81 bits per heavy atom. The fourth-order valence-electron chi connectivity index (χ4n) is 3.88. The number of sulfone groups is 1. The van der Waals surface area contributed by atoms with Gasteiger partial charge in [-0.05, 0) is 49.7 Å². The first kappa shape index (κ1) is 28.6. The molecule has 0 bridgehead atoms. The van der Waals surface area contributed by atoms with E-state index in [1.165, 1.54) is 26.4 Å². The largest absolute Gasteiger partial charge is 0.494 e. The molecule has 2 aromatic carbocycles. The number of rotatable bonds is 14. The number of hydrogen-bond acceptors (Lipinski definition) is 9. The smallest absolute Gasteiger partial charge is 0.252 e. The molecule has 1 heterocycles. The van der Waals surface area contributed by atoms with Crippen LogP contribution in [0.5, 0.6) is 5.75 Å². The first-order valence-corrected chi connectivity index (χ1v) is 13.6. The van der Waals surface area contributed by atoms with Gasteiger partial charge in [-0.25, -0.2) is 13.4 Å². The van der Waals surface area contributed by atoms with Crippen LogP contribution in [0.15, 0.2) is 64.5 Å². The average Bonchev–Trinajstić information content (AvgIpc) is 3.26. The van der Waals surface area contributed by atoms with Crippen molar-refractivity contribution in [2.75, 3.05) is 39.7 Å². The van der Waals surface area contributed by atoms with Gasteiger partial charge in [0.05, 0.1) is 23.8 Å². The molecule has 2 N–H and O–H groups in total. The van der Waals surface area contributed by atoms with E-state index < -0.39 is 33.7 Å². The third kappa shape index (κ3) is 7.07. The highest BCUT2D eigenvalue weighted by Gasteiger charge is 2.50.